The number of nitrogens with zero attached hydrogens (tertiary/aromatic N) is 2. The highest BCUT2D eigenvalue weighted by Crippen LogP contribution is 2.28. The van der Waals surface area contributed by atoms with Crippen LogP contribution in [0.25, 0.3) is 0 Å². The minimum atomic E-state index is -0.511. The van der Waals surface area contributed by atoms with Crippen LogP contribution in [0.2, 0.25) is 0 Å². The van der Waals surface area contributed by atoms with Crippen molar-refractivity contribution in [3.05, 3.63) is 33.4 Å². The fourth-order valence-corrected chi connectivity index (χ4v) is 2.24. The van der Waals surface area contributed by atoms with Crippen LogP contribution in [0.3, 0.4) is 0 Å². The first-order valence-electron chi connectivity index (χ1n) is 5.86. The summed E-state index contributed by atoms with van der Waals surface area (Å²) in [6.45, 7) is 3.22. The largest absolute Gasteiger partial charge is 0.393 e. The Balaban J connectivity index is 2.42. The molecule has 96 valence electrons. The minimum Gasteiger partial charge on any atom is -0.393 e. The summed E-state index contributed by atoms with van der Waals surface area (Å²) in [6, 6.07) is 3.06. The van der Waals surface area contributed by atoms with Crippen LogP contribution >= 0.6 is 0 Å². The minimum absolute atomic E-state index is 0.00955. The van der Waals surface area contributed by atoms with Crippen LogP contribution in [0.4, 0.5) is 11.4 Å². The molecule has 0 saturated carbocycles. The highest BCUT2D eigenvalue weighted by Gasteiger charge is 2.23. The van der Waals surface area contributed by atoms with E-state index in [1.54, 1.807) is 11.0 Å². The highest BCUT2D eigenvalue weighted by molar-refractivity contribution is 5.81. The summed E-state index contributed by atoms with van der Waals surface area (Å²) in [5.74, 6) is 0.00955. The highest BCUT2D eigenvalue weighted by atomic mass is 16.6. The first-order valence-corrected chi connectivity index (χ1v) is 5.86. The average molecular weight is 249 g/mol. The Kier molecular flexibility index (Phi) is 3.18. The van der Waals surface area contributed by atoms with Crippen LogP contribution in [-0.2, 0) is 17.6 Å². The Bertz CT molecular complexity index is 514. The van der Waals surface area contributed by atoms with E-state index in [4.69, 9.17) is 5.73 Å². The van der Waals surface area contributed by atoms with Gasteiger partial charge in [0.1, 0.15) is 5.69 Å². The number of nitrogen functional groups attached to an aromatic ring is 1. The van der Waals surface area contributed by atoms with Crippen LogP contribution in [0, 0.1) is 10.1 Å². The predicted molar refractivity (Wildman–Crippen MR) is 67.2 cm³/mol. The number of amides is 1. The van der Waals surface area contributed by atoms with E-state index in [1.807, 2.05) is 6.92 Å². The average Bonchev–Trinajstić information content (AvgIpc) is 2.46. The van der Waals surface area contributed by atoms with Crippen molar-refractivity contribution < 1.29 is 9.72 Å². The van der Waals surface area contributed by atoms with Crippen LogP contribution in [0.5, 0.6) is 0 Å². The number of carbonyl (C=O) groups excluding carboxylic acids is 1. The molecule has 0 aliphatic carbocycles. The quantitative estimate of drug-likeness (QED) is 0.483. The topological polar surface area (TPSA) is 89.5 Å². The van der Waals surface area contributed by atoms with Gasteiger partial charge in [0, 0.05) is 19.2 Å². The number of carbonyl (C=O) groups is 1. The molecular weight excluding hydrogens is 234 g/mol. The Labute approximate surface area is 105 Å². The molecule has 0 radical (unpaired) electrons. The zero-order valence-electron chi connectivity index (χ0n) is 10.2. The maximum atomic E-state index is 11.9. The van der Waals surface area contributed by atoms with Gasteiger partial charge in [-0.25, -0.2) is 0 Å². The first kappa shape index (κ1) is 12.3. The van der Waals surface area contributed by atoms with Gasteiger partial charge in [-0.3, -0.25) is 14.9 Å². The molecule has 18 heavy (non-hydrogen) atoms. The third-order valence-electron chi connectivity index (χ3n) is 3.27. The van der Waals surface area contributed by atoms with Crippen molar-refractivity contribution in [2.24, 2.45) is 0 Å². The van der Waals surface area contributed by atoms with Gasteiger partial charge in [0.05, 0.1) is 11.3 Å². The zero-order chi connectivity index (χ0) is 13.3. The second-order valence-corrected chi connectivity index (χ2v) is 4.34. The molecule has 1 aromatic carbocycles. The summed E-state index contributed by atoms with van der Waals surface area (Å²) < 4.78 is 0. The Morgan fingerprint density at radius 2 is 2.17 bits per heavy atom. The van der Waals surface area contributed by atoms with Gasteiger partial charge >= 0.3 is 0 Å². The molecule has 0 saturated heterocycles. The third kappa shape index (κ3) is 2.13. The van der Waals surface area contributed by atoms with Gasteiger partial charge in [0.25, 0.3) is 5.69 Å². The third-order valence-corrected chi connectivity index (χ3v) is 3.27. The van der Waals surface area contributed by atoms with Crippen molar-refractivity contribution in [1.29, 1.82) is 0 Å². The van der Waals surface area contributed by atoms with Gasteiger partial charge in [-0.2, -0.15) is 0 Å². The monoisotopic (exact) mass is 249 g/mol. The number of nitro benzene ring substituents is 1. The van der Waals surface area contributed by atoms with Crippen molar-refractivity contribution >= 4 is 17.3 Å². The van der Waals surface area contributed by atoms with Crippen LogP contribution in [0.15, 0.2) is 12.1 Å². The maximum Gasteiger partial charge on any atom is 0.292 e. The lowest BCUT2D eigenvalue weighted by atomic mass is 10.0. The molecule has 1 amide bonds. The molecule has 6 nitrogen and oxygen atoms in total. The number of nitro groups is 1. The van der Waals surface area contributed by atoms with E-state index in [0.717, 1.165) is 11.1 Å². The lowest BCUT2D eigenvalue weighted by Gasteiger charge is -2.17. The van der Waals surface area contributed by atoms with E-state index >= 15 is 0 Å². The fraction of sp³-hybridized carbons (Fsp3) is 0.417. The molecule has 0 unspecified atom stereocenters. The van der Waals surface area contributed by atoms with Gasteiger partial charge in [-0.05, 0) is 30.5 Å². The van der Waals surface area contributed by atoms with Gasteiger partial charge in [0.15, 0.2) is 0 Å². The number of benzene rings is 1. The molecule has 1 heterocycles. The molecule has 0 aromatic heterocycles. The smallest absolute Gasteiger partial charge is 0.292 e. The summed E-state index contributed by atoms with van der Waals surface area (Å²) in [5.41, 5.74) is 7.35. The number of anilines is 1. The molecule has 2 rings (SSSR count). The lowest BCUT2D eigenvalue weighted by Crippen LogP contribution is -2.31. The van der Waals surface area contributed by atoms with Crippen LogP contribution in [0.1, 0.15) is 18.1 Å². The van der Waals surface area contributed by atoms with Gasteiger partial charge < -0.3 is 10.6 Å². The molecule has 6 heteroatoms. The summed E-state index contributed by atoms with van der Waals surface area (Å²) in [7, 11) is 0. The number of hydrogen-bond donors (Lipinski definition) is 1. The predicted octanol–water partition coefficient (Wildman–Crippen LogP) is 1.12. The Morgan fingerprint density at radius 1 is 1.44 bits per heavy atom. The molecule has 1 aliphatic rings. The first-order chi connectivity index (χ1) is 8.52. The van der Waals surface area contributed by atoms with Crippen molar-refractivity contribution in [2.45, 2.75) is 19.8 Å². The summed E-state index contributed by atoms with van der Waals surface area (Å²) >= 11 is 0. The van der Waals surface area contributed by atoms with Gasteiger partial charge in [0.2, 0.25) is 5.91 Å². The standard InChI is InChI=1S/C12H15N3O3/c1-2-14-4-3-8-5-10(13)11(15(17)18)6-9(8)7-12(14)16/h5-6H,2-4,7,13H2,1H3. The molecule has 0 fully saturated rings. The Hall–Kier alpha value is -2.11. The molecule has 0 atom stereocenters. The number of hydrogen-bond acceptors (Lipinski definition) is 4. The number of likely N-dealkylation sites (N-methyl/N-ethyl adjacent to an activating group) is 1. The summed E-state index contributed by atoms with van der Waals surface area (Å²) in [6.07, 6.45) is 0.904. The summed E-state index contributed by atoms with van der Waals surface area (Å²) in [5, 5.41) is 10.8. The normalized spacial score (nSPS) is 15.2. The van der Waals surface area contributed by atoms with E-state index < -0.39 is 4.92 Å². The van der Waals surface area contributed by atoms with E-state index in [0.29, 0.717) is 19.5 Å². The lowest BCUT2D eigenvalue weighted by molar-refractivity contribution is -0.384. The number of nitrogens with two attached hydrogens (primary N) is 1. The van der Waals surface area contributed by atoms with Crippen LogP contribution < -0.4 is 5.73 Å². The zero-order valence-corrected chi connectivity index (χ0v) is 10.2. The summed E-state index contributed by atoms with van der Waals surface area (Å²) in [4.78, 5) is 24.0. The Morgan fingerprint density at radius 3 is 2.78 bits per heavy atom. The van der Waals surface area contributed by atoms with Crippen molar-refractivity contribution in [1.82, 2.24) is 4.90 Å². The van der Waals surface area contributed by atoms with E-state index in [9.17, 15) is 14.9 Å². The van der Waals surface area contributed by atoms with Crippen LogP contribution in [-0.4, -0.2) is 28.8 Å². The van der Waals surface area contributed by atoms with Crippen molar-refractivity contribution in [3.63, 3.8) is 0 Å². The number of rotatable bonds is 2. The van der Waals surface area contributed by atoms with Gasteiger partial charge in [-0.1, -0.05) is 0 Å². The second-order valence-electron chi connectivity index (χ2n) is 4.34. The number of fused-ring (bicyclic) bond motifs is 1. The van der Waals surface area contributed by atoms with Crippen molar-refractivity contribution in [2.75, 3.05) is 18.8 Å². The molecule has 1 aromatic rings. The fourth-order valence-electron chi connectivity index (χ4n) is 2.24. The van der Waals surface area contributed by atoms with Crippen molar-refractivity contribution in [3.8, 4) is 0 Å². The molecular formula is C12H15N3O3. The maximum absolute atomic E-state index is 11.9. The molecule has 0 bridgehead atoms. The second kappa shape index (κ2) is 4.64. The van der Waals surface area contributed by atoms with E-state index in [2.05, 4.69) is 0 Å². The van der Waals surface area contributed by atoms with E-state index in [-0.39, 0.29) is 23.7 Å². The molecule has 0 spiro atoms. The molecule has 2 N–H and O–H groups in total. The van der Waals surface area contributed by atoms with Gasteiger partial charge in [-0.15, -0.1) is 0 Å². The van der Waals surface area contributed by atoms with E-state index in [1.165, 1.54) is 6.07 Å². The SMILES string of the molecule is CCN1CCc2cc(N)c([N+](=O)[O-])cc2CC1=O. The molecule has 1 aliphatic heterocycles.